The maximum Gasteiger partial charge on any atom is 0.337 e. The minimum atomic E-state index is -1.21. The summed E-state index contributed by atoms with van der Waals surface area (Å²) in [5.74, 6) is -1.77. The lowest BCUT2D eigenvalue weighted by Gasteiger charge is -2.50. The summed E-state index contributed by atoms with van der Waals surface area (Å²) in [6.07, 6.45) is 4.05. The molecule has 4 aliphatic rings. The first-order chi connectivity index (χ1) is 20.9. The molecule has 1 aliphatic carbocycles. The van der Waals surface area contributed by atoms with E-state index >= 15 is 0 Å². The van der Waals surface area contributed by atoms with Crippen LogP contribution in [-0.2, 0) is 24.5 Å². The fraction of sp³-hybridized carbons (Fsp3) is 0.545. The van der Waals surface area contributed by atoms with Crippen LogP contribution < -0.4 is 16.0 Å². The monoisotopic (exact) mass is 643 g/mol. The summed E-state index contributed by atoms with van der Waals surface area (Å²) in [6.45, 7) is 4.68. The zero-order valence-corrected chi connectivity index (χ0v) is 26.7. The summed E-state index contributed by atoms with van der Waals surface area (Å²) in [4.78, 5) is 41.8. The van der Waals surface area contributed by atoms with Crippen molar-refractivity contribution in [1.29, 1.82) is 0 Å². The second kappa shape index (κ2) is 11.6. The number of amides is 2. The molecule has 9 nitrogen and oxygen atoms in total. The Morgan fingerprint density at radius 2 is 1.82 bits per heavy atom. The standard InChI is InChI=1S/C33H39Cl2N3O6/c1-31(2)8-10-32(11-9-31)33(24-7-4-20(34)15-25(24)37-30(33)42)26(18-12-19(29(41)43-3)14-21(35)13-18)27(38-32)28(40)36-22-5-6-23(16-39)44-17-22/h4,7,12-15,22-23,26-27,38-39H,5-6,8-11,16-17H2,1-3H3,(H,36,40)(H,37,42)/t22-,23+,26+,27-,33-/m1/s1. The number of carbonyl (C=O) groups excluding carboxylic acids is 3. The van der Waals surface area contributed by atoms with Crippen LogP contribution in [0.3, 0.4) is 0 Å². The maximum absolute atomic E-state index is 14.7. The number of anilines is 1. The molecule has 236 valence electrons. The largest absolute Gasteiger partial charge is 0.465 e. The molecule has 11 heteroatoms. The molecule has 5 atom stereocenters. The molecule has 44 heavy (non-hydrogen) atoms. The van der Waals surface area contributed by atoms with E-state index in [0.29, 0.717) is 47.0 Å². The van der Waals surface area contributed by atoms with E-state index in [1.807, 2.05) is 6.07 Å². The van der Waals surface area contributed by atoms with E-state index in [2.05, 4.69) is 29.8 Å². The number of fused-ring (bicyclic) bond motifs is 3. The molecule has 0 bridgehead atoms. The van der Waals surface area contributed by atoms with E-state index in [1.54, 1.807) is 24.3 Å². The SMILES string of the molecule is COC(=O)c1cc(Cl)cc([C@H]2[C@H](C(=O)N[C@@H]3CC[C@@H](CO)OC3)NC3(CCC(C)(C)CC3)[C@@]23C(=O)Nc2cc(Cl)ccc23)c1. The molecule has 3 aliphatic heterocycles. The van der Waals surface area contributed by atoms with Gasteiger partial charge in [0.2, 0.25) is 11.8 Å². The van der Waals surface area contributed by atoms with Crippen molar-refractivity contribution in [2.75, 3.05) is 25.6 Å². The van der Waals surface area contributed by atoms with Crippen LogP contribution in [0.2, 0.25) is 10.0 Å². The van der Waals surface area contributed by atoms with Crippen molar-refractivity contribution in [3.8, 4) is 0 Å². The first kappa shape index (κ1) is 31.3. The van der Waals surface area contributed by atoms with Gasteiger partial charge in [0, 0.05) is 27.2 Å². The number of ether oxygens (including phenoxy) is 2. The van der Waals surface area contributed by atoms with E-state index in [1.165, 1.54) is 13.2 Å². The van der Waals surface area contributed by atoms with Gasteiger partial charge in [-0.15, -0.1) is 0 Å². The van der Waals surface area contributed by atoms with Gasteiger partial charge in [0.25, 0.3) is 0 Å². The molecular weight excluding hydrogens is 605 g/mol. The number of nitrogens with one attached hydrogen (secondary N) is 3. The highest BCUT2D eigenvalue weighted by Crippen LogP contribution is 2.63. The number of methoxy groups -OCH3 is 1. The van der Waals surface area contributed by atoms with Crippen LogP contribution in [0, 0.1) is 5.41 Å². The number of aliphatic hydroxyl groups excluding tert-OH is 1. The topological polar surface area (TPSA) is 126 Å². The summed E-state index contributed by atoms with van der Waals surface area (Å²) in [5, 5.41) is 20.3. The Labute approximate surface area is 267 Å². The number of esters is 1. The molecule has 4 N–H and O–H groups in total. The first-order valence-corrected chi connectivity index (χ1v) is 16.0. The van der Waals surface area contributed by atoms with E-state index in [9.17, 15) is 19.5 Å². The average molecular weight is 645 g/mol. The molecular formula is C33H39Cl2N3O6. The Hall–Kier alpha value is -2.69. The number of halogens is 2. The molecule has 2 spiro atoms. The van der Waals surface area contributed by atoms with Gasteiger partial charge in [0.15, 0.2) is 0 Å². The van der Waals surface area contributed by atoms with Gasteiger partial charge in [-0.05, 0) is 85.4 Å². The molecule has 3 heterocycles. The molecule has 0 radical (unpaired) electrons. The second-order valence-corrected chi connectivity index (χ2v) is 14.4. The number of rotatable bonds is 5. The fourth-order valence-corrected chi connectivity index (χ4v) is 8.48. The summed E-state index contributed by atoms with van der Waals surface area (Å²) < 4.78 is 10.8. The summed E-state index contributed by atoms with van der Waals surface area (Å²) >= 11 is 13.0. The zero-order chi connectivity index (χ0) is 31.4. The predicted octanol–water partition coefficient (Wildman–Crippen LogP) is 4.72. The van der Waals surface area contributed by atoms with Crippen LogP contribution in [0.4, 0.5) is 5.69 Å². The van der Waals surface area contributed by atoms with E-state index in [0.717, 1.165) is 18.4 Å². The molecule has 2 aromatic rings. The predicted molar refractivity (Wildman–Crippen MR) is 167 cm³/mol. The van der Waals surface area contributed by atoms with Gasteiger partial charge in [0.05, 0.1) is 44.1 Å². The third kappa shape index (κ3) is 5.10. The smallest absolute Gasteiger partial charge is 0.337 e. The van der Waals surface area contributed by atoms with Crippen molar-refractivity contribution in [3.05, 3.63) is 63.1 Å². The van der Waals surface area contributed by atoms with E-state index in [-0.39, 0.29) is 48.2 Å². The number of hydrogen-bond donors (Lipinski definition) is 4. The number of aliphatic hydroxyl groups is 1. The van der Waals surface area contributed by atoms with Crippen molar-refractivity contribution in [1.82, 2.24) is 10.6 Å². The Balaban J connectivity index is 1.53. The van der Waals surface area contributed by atoms with Crippen molar-refractivity contribution in [3.63, 3.8) is 0 Å². The number of carbonyl (C=O) groups is 3. The molecule has 2 aromatic carbocycles. The Morgan fingerprint density at radius 1 is 1.07 bits per heavy atom. The van der Waals surface area contributed by atoms with Crippen LogP contribution in [-0.4, -0.2) is 66.9 Å². The summed E-state index contributed by atoms with van der Waals surface area (Å²) in [5.41, 5.74) is 0.284. The lowest BCUT2D eigenvalue weighted by Crippen LogP contribution is -2.61. The summed E-state index contributed by atoms with van der Waals surface area (Å²) in [7, 11) is 1.30. The molecule has 2 amide bonds. The minimum Gasteiger partial charge on any atom is -0.465 e. The van der Waals surface area contributed by atoms with E-state index in [4.69, 9.17) is 32.7 Å². The van der Waals surface area contributed by atoms with Crippen molar-refractivity contribution in [2.45, 2.75) is 87.4 Å². The molecule has 6 rings (SSSR count). The Bertz CT molecular complexity index is 1480. The van der Waals surface area contributed by atoms with Gasteiger partial charge in [0.1, 0.15) is 5.41 Å². The van der Waals surface area contributed by atoms with Gasteiger partial charge in [-0.2, -0.15) is 0 Å². The zero-order valence-electron chi connectivity index (χ0n) is 25.2. The van der Waals surface area contributed by atoms with Crippen molar-refractivity contribution in [2.24, 2.45) is 5.41 Å². The highest BCUT2D eigenvalue weighted by atomic mass is 35.5. The van der Waals surface area contributed by atoms with E-state index < -0.39 is 28.9 Å². The molecule has 0 aromatic heterocycles. The second-order valence-electron chi connectivity index (χ2n) is 13.5. The van der Waals surface area contributed by atoms with Crippen LogP contribution in [0.25, 0.3) is 0 Å². The van der Waals surface area contributed by atoms with Crippen LogP contribution >= 0.6 is 23.2 Å². The summed E-state index contributed by atoms with van der Waals surface area (Å²) in [6, 6.07) is 9.29. The van der Waals surface area contributed by atoms with Gasteiger partial charge < -0.3 is 25.2 Å². The quantitative estimate of drug-likeness (QED) is 0.347. The van der Waals surface area contributed by atoms with Crippen LogP contribution in [0.15, 0.2) is 36.4 Å². The van der Waals surface area contributed by atoms with Crippen LogP contribution in [0.1, 0.15) is 79.8 Å². The Kier molecular flexibility index (Phi) is 8.24. The van der Waals surface area contributed by atoms with Crippen molar-refractivity contribution >= 4 is 46.7 Å². The fourth-order valence-electron chi connectivity index (χ4n) is 8.07. The molecule has 1 saturated carbocycles. The molecule has 0 unspecified atom stereocenters. The maximum atomic E-state index is 14.7. The number of benzene rings is 2. The third-order valence-electron chi connectivity index (χ3n) is 10.4. The third-order valence-corrected chi connectivity index (χ3v) is 10.8. The highest BCUT2D eigenvalue weighted by molar-refractivity contribution is 6.31. The van der Waals surface area contributed by atoms with Crippen LogP contribution in [0.5, 0.6) is 0 Å². The lowest BCUT2D eigenvalue weighted by atomic mass is 9.53. The molecule has 3 fully saturated rings. The normalized spacial score (nSPS) is 30.2. The van der Waals surface area contributed by atoms with Gasteiger partial charge >= 0.3 is 5.97 Å². The highest BCUT2D eigenvalue weighted by Gasteiger charge is 2.72. The van der Waals surface area contributed by atoms with Gasteiger partial charge in [-0.3, -0.25) is 14.9 Å². The lowest BCUT2D eigenvalue weighted by molar-refractivity contribution is -0.126. The van der Waals surface area contributed by atoms with Gasteiger partial charge in [-0.1, -0.05) is 43.1 Å². The van der Waals surface area contributed by atoms with Gasteiger partial charge in [-0.25, -0.2) is 4.79 Å². The number of hydrogen-bond acceptors (Lipinski definition) is 7. The first-order valence-electron chi connectivity index (χ1n) is 15.2. The Morgan fingerprint density at radius 3 is 2.48 bits per heavy atom. The van der Waals surface area contributed by atoms with Crippen molar-refractivity contribution < 1.29 is 29.0 Å². The average Bonchev–Trinajstić information content (AvgIpc) is 3.46. The molecule has 2 saturated heterocycles. The minimum absolute atomic E-state index is 0.0653.